The highest BCUT2D eigenvalue weighted by Crippen LogP contribution is 2.66. The molecule has 1 atom stereocenters. The van der Waals surface area contributed by atoms with Crippen LogP contribution in [0.2, 0.25) is 15.1 Å². The number of ether oxygens (including phenoxy) is 1. The number of imidazole rings is 1. The van der Waals surface area contributed by atoms with Gasteiger partial charge in [-0.15, -0.1) is 0 Å². The van der Waals surface area contributed by atoms with Gasteiger partial charge >= 0.3 is 14.2 Å². The molecule has 0 fully saturated rings. The van der Waals surface area contributed by atoms with Gasteiger partial charge < -0.3 is 14.0 Å². The van der Waals surface area contributed by atoms with E-state index in [-0.39, 0.29) is 29.8 Å². The molecule has 0 aliphatic rings. The predicted octanol–water partition coefficient (Wildman–Crippen LogP) is 15.8. The maximum Gasteiger partial charge on any atom is 0.513 e. The zero-order valence-electron chi connectivity index (χ0n) is 46.8. The van der Waals surface area contributed by atoms with E-state index in [4.69, 9.17) is 13.8 Å². The van der Waals surface area contributed by atoms with Crippen molar-refractivity contribution in [1.82, 2.24) is 9.13 Å². The summed E-state index contributed by atoms with van der Waals surface area (Å²) < 4.78 is 26.0. The Hall–Kier alpha value is -4.73. The van der Waals surface area contributed by atoms with E-state index < -0.39 is 38.2 Å². The largest absolute Gasteiger partial charge is 0.513 e. The highest BCUT2D eigenvalue weighted by molar-refractivity contribution is 7.98. The normalized spacial score (nSPS) is 14.2. The van der Waals surface area contributed by atoms with Gasteiger partial charge in [0, 0.05) is 12.4 Å². The lowest BCUT2D eigenvalue weighted by Gasteiger charge is -2.61. The Morgan fingerprint density at radius 1 is 0.493 bits per heavy atom. The van der Waals surface area contributed by atoms with Crippen LogP contribution in [-0.2, 0) is 9.16 Å². The number of aromatic nitrogens is 2. The molecule has 1 heterocycles. The summed E-state index contributed by atoms with van der Waals surface area (Å²) in [6.07, 6.45) is 4.09. The topological polar surface area (TPSA) is 60.9 Å². The molecule has 71 heavy (non-hydrogen) atoms. The van der Waals surface area contributed by atoms with Crippen LogP contribution in [0.5, 0.6) is 0 Å². The molecule has 9 heteroatoms. The molecular weight excluding hydrogens is 922 g/mol. The van der Waals surface area contributed by atoms with Crippen molar-refractivity contribution in [2.24, 2.45) is 4.66 Å². The van der Waals surface area contributed by atoms with Gasteiger partial charge in [0.1, 0.15) is 23.2 Å². The fraction of sp³-hybridized carbons (Fsp3) is 0.435. The summed E-state index contributed by atoms with van der Waals surface area (Å²) in [6.45, 7) is 43.3. The minimum Gasteiger partial charge on any atom is -0.477 e. The van der Waals surface area contributed by atoms with E-state index in [0.717, 1.165) is 27.3 Å². The van der Waals surface area contributed by atoms with Gasteiger partial charge in [0.05, 0.1) is 17.5 Å². The van der Waals surface area contributed by atoms with E-state index >= 15 is 4.80 Å². The lowest BCUT2D eigenvalue weighted by atomic mass is 9.92. The molecule has 1 N–H and O–H groups in total. The number of rotatable bonds is 16. The van der Waals surface area contributed by atoms with Crippen LogP contribution in [0.25, 0.3) is 11.4 Å². The first kappa shape index (κ1) is 55.6. The number of hydrogen-bond donors (Lipinski definition) is 1. The molecule has 6 nitrogen and oxygen atoms in total. The number of nitrogens with zero attached hydrogens (tertiary/aromatic N) is 3. The predicted molar refractivity (Wildman–Crippen MR) is 310 cm³/mol. The first-order valence-corrected chi connectivity index (χ1v) is 32.8. The molecule has 6 aromatic rings. The van der Waals surface area contributed by atoms with E-state index in [0.29, 0.717) is 11.6 Å². The lowest BCUT2D eigenvalue weighted by Crippen LogP contribution is -2.77. The summed E-state index contributed by atoms with van der Waals surface area (Å²) in [4.78, 5) is 15.3. The van der Waals surface area contributed by atoms with Crippen LogP contribution in [0.4, 0.5) is 0 Å². The quantitative estimate of drug-likeness (QED) is 0.0597. The van der Waals surface area contributed by atoms with E-state index in [9.17, 15) is 0 Å². The van der Waals surface area contributed by atoms with Gasteiger partial charge in [0.2, 0.25) is 5.62 Å². The lowest BCUT2D eigenvalue weighted by molar-refractivity contribution is 0.0511. The molecule has 0 aliphatic heterocycles. The van der Waals surface area contributed by atoms with Crippen LogP contribution in [0.15, 0.2) is 156 Å². The second-order valence-electron chi connectivity index (χ2n) is 24.2. The van der Waals surface area contributed by atoms with Gasteiger partial charge in [-0.1, -0.05) is 209 Å². The highest BCUT2D eigenvalue weighted by Gasteiger charge is 2.77. The molecule has 0 saturated heterocycles. The third-order valence-corrected chi connectivity index (χ3v) is 37.4. The molecule has 6 rings (SSSR count). The molecule has 0 saturated carbocycles. The Bertz CT molecular complexity index is 2560. The standard InChI is InChI=1S/C62H87N3O3PSi2/c1-44(2)52-37-29-38-53(45(3)4)57(52)64-41-42-65(58-54(46(5)6)39-30-40-55(58)47(7)8)59(64)63-71(66,70(60(11,12)13,61(14,15)16)62(17,18)19)68-56(67-48(9)10)43-69(49-31-23-20-24-32-49,50-33-25-21-26-34-50)51-35-27-22-28-36-51/h20-48,66H,1-19H3/q+1/b56-43+/t71-/m0/s1. The fourth-order valence-electron chi connectivity index (χ4n) is 12.9. The first-order valence-electron chi connectivity index (χ1n) is 26.1. The van der Waals surface area contributed by atoms with Crippen LogP contribution in [-0.4, -0.2) is 35.9 Å². The van der Waals surface area contributed by atoms with Crippen LogP contribution >= 0.6 is 7.26 Å². The third kappa shape index (κ3) is 10.6. The average molecular weight is 1010 g/mol. The highest BCUT2D eigenvalue weighted by atomic mass is 31.2. The summed E-state index contributed by atoms with van der Waals surface area (Å²) in [5.41, 5.74) is 7.75. The monoisotopic (exact) mass is 1010 g/mol. The van der Waals surface area contributed by atoms with E-state index in [1.807, 2.05) is 0 Å². The summed E-state index contributed by atoms with van der Waals surface area (Å²) in [5.74, 6) is 3.42. The molecule has 1 aromatic heterocycles. The van der Waals surface area contributed by atoms with Crippen LogP contribution in [0, 0.1) is 0 Å². The van der Waals surface area contributed by atoms with Crippen molar-refractivity contribution in [3.05, 3.63) is 179 Å². The minimum atomic E-state index is -4.63. The summed E-state index contributed by atoms with van der Waals surface area (Å²) in [5, 5.41) is 2.14. The molecule has 380 valence electrons. The van der Waals surface area contributed by atoms with Crippen LogP contribution in [0.3, 0.4) is 0 Å². The van der Waals surface area contributed by atoms with Crippen molar-refractivity contribution in [2.75, 3.05) is 0 Å². The molecule has 0 spiro atoms. The fourth-order valence-corrected chi connectivity index (χ4v) is 37.9. The van der Waals surface area contributed by atoms with Crippen molar-refractivity contribution < 1.29 is 14.0 Å². The van der Waals surface area contributed by atoms with Crippen molar-refractivity contribution in [2.45, 2.75) is 176 Å². The summed E-state index contributed by atoms with van der Waals surface area (Å²) >= 11 is 0. The van der Waals surface area contributed by atoms with Crippen molar-refractivity contribution in [3.63, 3.8) is 0 Å². The Morgan fingerprint density at radius 3 is 1.07 bits per heavy atom. The van der Waals surface area contributed by atoms with E-state index in [2.05, 4.69) is 286 Å². The molecule has 0 radical (unpaired) electrons. The zero-order valence-corrected chi connectivity index (χ0v) is 49.7. The first-order chi connectivity index (χ1) is 33.1. The minimum absolute atomic E-state index is 0.209. The molecule has 5 aromatic carbocycles. The summed E-state index contributed by atoms with van der Waals surface area (Å²) in [7, 11) is -10.8. The molecule has 0 amide bonds. The molecule has 0 unspecified atom stereocenters. The Balaban J connectivity index is 1.95. The van der Waals surface area contributed by atoms with E-state index in [1.165, 1.54) is 22.3 Å². The Labute approximate surface area is 431 Å². The number of para-hydroxylation sites is 2. The van der Waals surface area contributed by atoms with Gasteiger partial charge in [-0.3, -0.25) is 9.13 Å². The van der Waals surface area contributed by atoms with Crippen molar-refractivity contribution in [1.29, 1.82) is 0 Å². The second-order valence-corrected chi connectivity index (χ2v) is 39.3. The van der Waals surface area contributed by atoms with Crippen LogP contribution in [0.1, 0.15) is 177 Å². The number of benzene rings is 5. The van der Waals surface area contributed by atoms with Gasteiger partial charge in [0.25, 0.3) is 0 Å². The second kappa shape index (κ2) is 21.4. The smallest absolute Gasteiger partial charge is 0.477 e. The molecular formula is C62H87N3O3PSi2+. The Morgan fingerprint density at radius 2 is 0.803 bits per heavy atom. The molecule has 0 aliphatic carbocycles. The third-order valence-electron chi connectivity index (χ3n) is 14.5. The van der Waals surface area contributed by atoms with Crippen molar-refractivity contribution in [3.8, 4) is 11.4 Å². The zero-order chi connectivity index (χ0) is 52.5. The maximum absolute atomic E-state index is 15.3. The van der Waals surface area contributed by atoms with Gasteiger partial charge in [-0.05, 0) is 111 Å². The maximum atomic E-state index is 15.3. The van der Waals surface area contributed by atoms with Crippen LogP contribution < -0.4 is 21.5 Å². The summed E-state index contributed by atoms with van der Waals surface area (Å²) in [6, 6.07) is 45.8. The average Bonchev–Trinajstić information content (AvgIpc) is 3.68. The number of hydrogen-bond acceptors (Lipinski definition) is 4. The SMILES string of the molecule is CC(C)O/C(=C\[P+](c1ccccc1)(c1ccccc1)c1ccccc1)O[Si@@](O)(N=c1n(-c2c(C(C)C)cccc2C(C)C)ccn1-c1c(C(C)C)cccc1C(C)C)[Si](C(C)(C)C)(C(C)(C)C)C(C)(C)C. The van der Waals surface area contributed by atoms with Crippen molar-refractivity contribution >= 4 is 39.0 Å². The van der Waals surface area contributed by atoms with Gasteiger partial charge in [0.15, 0.2) is 13.4 Å². The molecule has 0 bridgehead atoms. The Kier molecular flexibility index (Phi) is 16.7. The van der Waals surface area contributed by atoms with Gasteiger partial charge in [-0.25, -0.2) is 4.66 Å². The van der Waals surface area contributed by atoms with Gasteiger partial charge in [-0.2, -0.15) is 0 Å². The van der Waals surface area contributed by atoms with E-state index in [1.54, 1.807) is 0 Å².